The average molecular weight is 279 g/mol. The number of amides is 1. The molecule has 2 aromatic heterocycles. The number of carbonyl (C=O) groups excluding carboxylic acids is 1. The highest BCUT2D eigenvalue weighted by atomic mass is 32.1. The first-order valence-electron chi connectivity index (χ1n) is 6.05. The largest absolute Gasteiger partial charge is 0.370 e. The molecule has 102 valence electrons. The minimum atomic E-state index is -0.355. The third-order valence-corrected chi connectivity index (χ3v) is 3.36. The number of nitrogens with two attached hydrogens (primary N) is 1. The summed E-state index contributed by atoms with van der Waals surface area (Å²) >= 11 is 1.58. The molecule has 0 aliphatic rings. The Kier molecular flexibility index (Phi) is 4.28. The van der Waals surface area contributed by atoms with Crippen molar-refractivity contribution in [2.75, 3.05) is 25.5 Å². The molecule has 0 unspecified atom stereocenters. The maximum absolute atomic E-state index is 10.9. The van der Waals surface area contributed by atoms with Gasteiger partial charge >= 0.3 is 0 Å². The fourth-order valence-electron chi connectivity index (χ4n) is 1.84. The zero-order valence-electron chi connectivity index (χ0n) is 11.0. The van der Waals surface area contributed by atoms with Gasteiger partial charge in [0.15, 0.2) is 0 Å². The van der Waals surface area contributed by atoms with Gasteiger partial charge in [0.2, 0.25) is 5.91 Å². The van der Waals surface area contributed by atoms with Crippen LogP contribution in [-0.4, -0.2) is 40.9 Å². The van der Waals surface area contributed by atoms with Gasteiger partial charge in [0.1, 0.15) is 16.5 Å². The van der Waals surface area contributed by atoms with Gasteiger partial charge in [-0.2, -0.15) is 0 Å². The van der Waals surface area contributed by atoms with E-state index in [1.807, 2.05) is 25.4 Å². The number of hydrogen-bond donors (Lipinski definition) is 2. The predicted octanol–water partition coefficient (Wildman–Crippen LogP) is 1.04. The maximum Gasteiger partial charge on any atom is 0.231 e. The third-order valence-electron chi connectivity index (χ3n) is 2.55. The SMILES string of the molecule is CCNc1nc(CN(C)CC(N)=O)nc2sccc12. The lowest BCUT2D eigenvalue weighted by Crippen LogP contribution is -2.30. The molecule has 0 bridgehead atoms. The van der Waals surface area contributed by atoms with Crippen LogP contribution in [0.3, 0.4) is 0 Å². The molecule has 3 N–H and O–H groups in total. The number of aromatic nitrogens is 2. The summed E-state index contributed by atoms with van der Waals surface area (Å²) in [6.45, 7) is 3.52. The molecular formula is C12H17N5OS. The van der Waals surface area contributed by atoms with Crippen LogP contribution in [0.4, 0.5) is 5.82 Å². The van der Waals surface area contributed by atoms with Crippen LogP contribution >= 0.6 is 11.3 Å². The van der Waals surface area contributed by atoms with E-state index in [-0.39, 0.29) is 12.5 Å². The highest BCUT2D eigenvalue weighted by Gasteiger charge is 2.11. The lowest BCUT2D eigenvalue weighted by atomic mass is 10.3. The summed E-state index contributed by atoms with van der Waals surface area (Å²) < 4.78 is 0. The zero-order valence-corrected chi connectivity index (χ0v) is 11.8. The first kappa shape index (κ1) is 13.7. The Morgan fingerprint density at radius 2 is 2.32 bits per heavy atom. The first-order chi connectivity index (χ1) is 9.10. The lowest BCUT2D eigenvalue weighted by Gasteiger charge is -2.14. The van der Waals surface area contributed by atoms with Crippen LogP contribution < -0.4 is 11.1 Å². The molecule has 0 fully saturated rings. The monoisotopic (exact) mass is 279 g/mol. The molecular weight excluding hydrogens is 262 g/mol. The Morgan fingerprint density at radius 1 is 1.53 bits per heavy atom. The first-order valence-corrected chi connectivity index (χ1v) is 6.93. The number of thiophene rings is 1. The molecule has 0 aliphatic heterocycles. The normalized spacial score (nSPS) is 11.1. The molecule has 2 rings (SSSR count). The number of rotatable bonds is 6. The molecule has 19 heavy (non-hydrogen) atoms. The second-order valence-corrected chi connectivity index (χ2v) is 5.19. The number of anilines is 1. The van der Waals surface area contributed by atoms with Crippen LogP contribution in [-0.2, 0) is 11.3 Å². The predicted molar refractivity (Wildman–Crippen MR) is 77.1 cm³/mol. The summed E-state index contributed by atoms with van der Waals surface area (Å²) in [6.07, 6.45) is 0. The fraction of sp³-hybridized carbons (Fsp3) is 0.417. The second-order valence-electron chi connectivity index (χ2n) is 4.30. The van der Waals surface area contributed by atoms with Gasteiger partial charge < -0.3 is 11.1 Å². The number of likely N-dealkylation sites (N-methyl/N-ethyl adjacent to an activating group) is 1. The van der Waals surface area contributed by atoms with Crippen LogP contribution in [0, 0.1) is 0 Å². The van der Waals surface area contributed by atoms with Gasteiger partial charge in [0.25, 0.3) is 0 Å². The maximum atomic E-state index is 10.9. The van der Waals surface area contributed by atoms with Crippen LogP contribution in [0.15, 0.2) is 11.4 Å². The van der Waals surface area contributed by atoms with E-state index in [0.717, 1.165) is 22.6 Å². The molecule has 0 saturated heterocycles. The Hall–Kier alpha value is -1.73. The van der Waals surface area contributed by atoms with Crippen molar-refractivity contribution in [2.24, 2.45) is 5.73 Å². The summed E-state index contributed by atoms with van der Waals surface area (Å²) in [5, 5.41) is 6.27. The van der Waals surface area contributed by atoms with Crippen molar-refractivity contribution in [1.29, 1.82) is 0 Å². The van der Waals surface area contributed by atoms with E-state index in [1.54, 1.807) is 16.2 Å². The molecule has 0 saturated carbocycles. The molecule has 2 aromatic rings. The van der Waals surface area contributed by atoms with Crippen LogP contribution in [0.25, 0.3) is 10.2 Å². The number of fused-ring (bicyclic) bond motifs is 1. The van der Waals surface area contributed by atoms with Crippen molar-refractivity contribution < 1.29 is 4.79 Å². The van der Waals surface area contributed by atoms with E-state index in [9.17, 15) is 4.79 Å². The highest BCUT2D eigenvalue weighted by molar-refractivity contribution is 7.16. The molecule has 0 aromatic carbocycles. The van der Waals surface area contributed by atoms with Crippen LogP contribution in [0.1, 0.15) is 12.7 Å². The smallest absolute Gasteiger partial charge is 0.231 e. The Balaban J connectivity index is 2.25. The number of nitrogens with zero attached hydrogens (tertiary/aromatic N) is 3. The average Bonchev–Trinajstić information content (AvgIpc) is 2.76. The molecule has 1 amide bonds. The van der Waals surface area contributed by atoms with Gasteiger partial charge in [-0.1, -0.05) is 0 Å². The topological polar surface area (TPSA) is 84.1 Å². The Bertz CT molecular complexity index is 583. The van der Waals surface area contributed by atoms with Crippen molar-refractivity contribution in [1.82, 2.24) is 14.9 Å². The second kappa shape index (κ2) is 5.94. The molecule has 7 heteroatoms. The van der Waals surface area contributed by atoms with Gasteiger partial charge in [-0.3, -0.25) is 9.69 Å². The van der Waals surface area contributed by atoms with Crippen molar-refractivity contribution in [2.45, 2.75) is 13.5 Å². The number of nitrogens with one attached hydrogen (secondary N) is 1. The Labute approximate surface area is 115 Å². The molecule has 0 radical (unpaired) electrons. The number of hydrogen-bond acceptors (Lipinski definition) is 6. The number of carbonyl (C=O) groups is 1. The van der Waals surface area contributed by atoms with E-state index in [4.69, 9.17) is 5.73 Å². The van der Waals surface area contributed by atoms with Crippen molar-refractivity contribution in [3.05, 3.63) is 17.3 Å². The quantitative estimate of drug-likeness (QED) is 0.825. The third kappa shape index (κ3) is 3.39. The molecule has 0 spiro atoms. The lowest BCUT2D eigenvalue weighted by molar-refractivity contribution is -0.118. The summed E-state index contributed by atoms with van der Waals surface area (Å²) in [6, 6.07) is 2.01. The van der Waals surface area contributed by atoms with Gasteiger partial charge in [0.05, 0.1) is 18.5 Å². The summed E-state index contributed by atoms with van der Waals surface area (Å²) in [4.78, 5) is 22.6. The van der Waals surface area contributed by atoms with E-state index < -0.39 is 0 Å². The van der Waals surface area contributed by atoms with Gasteiger partial charge in [-0.25, -0.2) is 9.97 Å². The van der Waals surface area contributed by atoms with Crippen LogP contribution in [0.2, 0.25) is 0 Å². The molecule has 2 heterocycles. The van der Waals surface area contributed by atoms with Gasteiger partial charge in [-0.15, -0.1) is 11.3 Å². The summed E-state index contributed by atoms with van der Waals surface area (Å²) in [7, 11) is 1.82. The van der Waals surface area contributed by atoms with Crippen LogP contribution in [0.5, 0.6) is 0 Å². The van der Waals surface area contributed by atoms with E-state index in [1.165, 1.54) is 0 Å². The molecule has 0 aliphatic carbocycles. The zero-order chi connectivity index (χ0) is 13.8. The molecule has 0 atom stereocenters. The van der Waals surface area contributed by atoms with Gasteiger partial charge in [-0.05, 0) is 25.4 Å². The summed E-state index contributed by atoms with van der Waals surface area (Å²) in [5.41, 5.74) is 5.17. The van der Waals surface area contributed by atoms with Crippen molar-refractivity contribution in [3.63, 3.8) is 0 Å². The van der Waals surface area contributed by atoms with E-state index >= 15 is 0 Å². The Morgan fingerprint density at radius 3 is 3.00 bits per heavy atom. The molecule has 6 nitrogen and oxygen atoms in total. The van der Waals surface area contributed by atoms with Gasteiger partial charge in [0, 0.05) is 6.54 Å². The minimum Gasteiger partial charge on any atom is -0.370 e. The van der Waals surface area contributed by atoms with Crippen molar-refractivity contribution in [3.8, 4) is 0 Å². The van der Waals surface area contributed by atoms with Crippen molar-refractivity contribution >= 4 is 33.3 Å². The van der Waals surface area contributed by atoms with E-state index in [2.05, 4.69) is 15.3 Å². The minimum absolute atomic E-state index is 0.197. The standard InChI is InChI=1S/C12H17N5OS/c1-3-14-11-8-4-5-19-12(8)16-10(15-11)7-17(2)6-9(13)18/h4-5H,3,6-7H2,1-2H3,(H2,13,18)(H,14,15,16). The highest BCUT2D eigenvalue weighted by Crippen LogP contribution is 2.25. The fourth-order valence-corrected chi connectivity index (χ4v) is 2.62. The van der Waals surface area contributed by atoms with E-state index in [0.29, 0.717) is 12.4 Å². The summed E-state index contributed by atoms with van der Waals surface area (Å²) in [5.74, 6) is 1.18. The number of primary amides is 1.